The van der Waals surface area contributed by atoms with Crippen LogP contribution in [0.5, 0.6) is 0 Å². The second-order valence-electron chi connectivity index (χ2n) is 15.1. The Hall–Kier alpha value is -4.90. The second kappa shape index (κ2) is 13.3. The molecule has 2 aliphatic heterocycles. The van der Waals surface area contributed by atoms with E-state index in [-0.39, 0.29) is 0 Å². The lowest BCUT2D eigenvalue weighted by atomic mass is 9.69. The van der Waals surface area contributed by atoms with Gasteiger partial charge in [-0.25, -0.2) is 0 Å². The molecule has 2 heterocycles. The molecule has 0 fully saturated rings. The summed E-state index contributed by atoms with van der Waals surface area (Å²) >= 11 is 0. The normalized spacial score (nSPS) is 17.3. The highest BCUT2D eigenvalue weighted by Gasteiger charge is 2.48. The van der Waals surface area contributed by atoms with Crippen LogP contribution in [0.25, 0.3) is 10.8 Å². The molecule has 0 saturated carbocycles. The van der Waals surface area contributed by atoms with Crippen molar-refractivity contribution < 1.29 is 17.7 Å². The molecule has 2 aliphatic rings. The SMILES string of the molecule is CC(C)CC[N+]1=C(C=CC=C2N(C)c3ccc4ccccc4c3C2(Cc2ccccc2)Cc2ccccc2)C(C)(C)c2cc(C(F)(F)F)ccc21. The molecular weight excluding hydrogens is 638 g/mol. The standard InChI is InChI=1S/C46H46F3N2/c1-32(2)27-28-51-39-26-24-36(46(47,48)49)29-38(39)44(3,4)41(51)21-14-22-42-45(30-33-15-8-6-9-16-33,31-34-17-10-7-11-18-34)43-37-20-13-12-19-35(37)23-25-40(43)50(42)5/h6-26,29,32H,27-28,30-31H2,1-5H3/q+1. The van der Waals surface area contributed by atoms with E-state index in [1.807, 2.05) is 13.8 Å². The molecule has 51 heavy (non-hydrogen) atoms. The van der Waals surface area contributed by atoms with Crippen LogP contribution in [-0.4, -0.2) is 23.9 Å². The fourth-order valence-corrected chi connectivity index (χ4v) is 8.41. The summed E-state index contributed by atoms with van der Waals surface area (Å²) in [4.78, 5) is 2.35. The van der Waals surface area contributed by atoms with Crippen molar-refractivity contribution in [1.82, 2.24) is 0 Å². The molecule has 0 amide bonds. The van der Waals surface area contributed by atoms with Gasteiger partial charge in [0.2, 0.25) is 5.69 Å². The Balaban J connectivity index is 1.41. The maximum Gasteiger partial charge on any atom is 0.416 e. The Morgan fingerprint density at radius 2 is 1.41 bits per heavy atom. The zero-order valence-electron chi connectivity index (χ0n) is 30.1. The molecule has 0 bridgehead atoms. The number of anilines is 1. The first-order chi connectivity index (χ1) is 24.4. The summed E-state index contributed by atoms with van der Waals surface area (Å²) in [6.45, 7) is 9.20. The topological polar surface area (TPSA) is 6.25 Å². The highest BCUT2D eigenvalue weighted by molar-refractivity contribution is 6.03. The predicted octanol–water partition coefficient (Wildman–Crippen LogP) is 11.6. The van der Waals surface area contributed by atoms with Gasteiger partial charge in [0.1, 0.15) is 6.54 Å². The minimum atomic E-state index is -4.40. The van der Waals surface area contributed by atoms with Crippen molar-refractivity contribution in [3.05, 3.63) is 167 Å². The number of hydrogen-bond acceptors (Lipinski definition) is 1. The van der Waals surface area contributed by atoms with Gasteiger partial charge in [-0.15, -0.1) is 0 Å². The van der Waals surface area contributed by atoms with Gasteiger partial charge in [-0.3, -0.25) is 0 Å². The monoisotopic (exact) mass is 683 g/mol. The number of allylic oxidation sites excluding steroid dienone is 4. The van der Waals surface area contributed by atoms with Gasteiger partial charge < -0.3 is 4.90 Å². The van der Waals surface area contributed by atoms with Gasteiger partial charge in [0.05, 0.1) is 11.0 Å². The summed E-state index contributed by atoms with van der Waals surface area (Å²) in [7, 11) is 2.17. The van der Waals surface area contributed by atoms with E-state index >= 15 is 0 Å². The van der Waals surface area contributed by atoms with Crippen LogP contribution in [0, 0.1) is 5.92 Å². The molecule has 0 spiro atoms. The summed E-state index contributed by atoms with van der Waals surface area (Å²) in [5.74, 6) is 0.455. The molecule has 260 valence electrons. The number of halogens is 3. The molecule has 0 radical (unpaired) electrons. The first kappa shape index (κ1) is 34.5. The predicted molar refractivity (Wildman–Crippen MR) is 205 cm³/mol. The van der Waals surface area contributed by atoms with Gasteiger partial charge in [0.25, 0.3) is 0 Å². The number of hydrogen-bond donors (Lipinski definition) is 0. The van der Waals surface area contributed by atoms with Gasteiger partial charge in [-0.1, -0.05) is 111 Å². The van der Waals surface area contributed by atoms with Crippen molar-refractivity contribution in [2.75, 3.05) is 18.5 Å². The molecular formula is C46H46F3N2+. The highest BCUT2D eigenvalue weighted by atomic mass is 19.4. The lowest BCUT2D eigenvalue weighted by Crippen LogP contribution is -2.34. The molecule has 0 N–H and O–H groups in total. The lowest BCUT2D eigenvalue weighted by molar-refractivity contribution is -0.439. The number of likely N-dealkylation sites (N-methyl/N-ethyl adjacent to an activating group) is 1. The number of alkyl halides is 3. The van der Waals surface area contributed by atoms with Crippen molar-refractivity contribution in [2.24, 2.45) is 5.92 Å². The highest BCUT2D eigenvalue weighted by Crippen LogP contribution is 2.54. The van der Waals surface area contributed by atoms with Crippen molar-refractivity contribution >= 4 is 27.9 Å². The van der Waals surface area contributed by atoms with E-state index in [0.29, 0.717) is 11.5 Å². The fourth-order valence-electron chi connectivity index (χ4n) is 8.41. The average Bonchev–Trinajstić information content (AvgIpc) is 3.46. The molecule has 5 aromatic carbocycles. The molecule has 0 aliphatic carbocycles. The molecule has 5 heteroatoms. The van der Waals surface area contributed by atoms with Crippen LogP contribution in [-0.2, 0) is 29.8 Å². The van der Waals surface area contributed by atoms with Crippen molar-refractivity contribution in [2.45, 2.75) is 64.0 Å². The zero-order chi connectivity index (χ0) is 36.0. The van der Waals surface area contributed by atoms with E-state index in [1.54, 1.807) is 6.07 Å². The van der Waals surface area contributed by atoms with Crippen LogP contribution in [0.15, 0.2) is 139 Å². The number of benzene rings is 5. The average molecular weight is 684 g/mol. The first-order valence-corrected chi connectivity index (χ1v) is 18.0. The van der Waals surface area contributed by atoms with E-state index in [4.69, 9.17) is 0 Å². The van der Waals surface area contributed by atoms with Crippen LogP contribution in [0.3, 0.4) is 0 Å². The van der Waals surface area contributed by atoms with Crippen molar-refractivity contribution in [1.29, 1.82) is 0 Å². The third-order valence-corrected chi connectivity index (χ3v) is 11.0. The van der Waals surface area contributed by atoms with Crippen molar-refractivity contribution in [3.63, 3.8) is 0 Å². The summed E-state index contributed by atoms with van der Waals surface area (Å²) in [5, 5.41) is 2.47. The molecule has 0 atom stereocenters. The number of fused-ring (bicyclic) bond motifs is 4. The summed E-state index contributed by atoms with van der Waals surface area (Å²) in [6.07, 6.45) is 4.69. The second-order valence-corrected chi connectivity index (χ2v) is 15.1. The lowest BCUT2D eigenvalue weighted by Gasteiger charge is -2.34. The van der Waals surface area contributed by atoms with Gasteiger partial charge in [-0.05, 0) is 84.3 Å². The largest absolute Gasteiger partial charge is 0.416 e. The Kier molecular flexibility index (Phi) is 9.03. The van der Waals surface area contributed by atoms with E-state index in [2.05, 4.69) is 146 Å². The van der Waals surface area contributed by atoms with Gasteiger partial charge >= 0.3 is 6.18 Å². The van der Waals surface area contributed by atoms with E-state index in [0.717, 1.165) is 37.2 Å². The maximum atomic E-state index is 13.9. The van der Waals surface area contributed by atoms with Crippen LogP contribution < -0.4 is 4.90 Å². The zero-order valence-corrected chi connectivity index (χ0v) is 30.1. The molecule has 0 aromatic heterocycles. The molecule has 7 rings (SSSR count). The Bertz CT molecular complexity index is 2110. The van der Waals surface area contributed by atoms with Gasteiger partial charge in [-0.2, -0.15) is 17.7 Å². The number of rotatable bonds is 9. The first-order valence-electron chi connectivity index (χ1n) is 18.0. The molecule has 0 saturated heterocycles. The quantitative estimate of drug-likeness (QED) is 0.140. The molecule has 0 unspecified atom stereocenters. The Labute approximate surface area is 300 Å². The Morgan fingerprint density at radius 1 is 0.784 bits per heavy atom. The Morgan fingerprint density at radius 3 is 2.04 bits per heavy atom. The van der Waals surface area contributed by atoms with Crippen LogP contribution in [0.2, 0.25) is 0 Å². The summed E-state index contributed by atoms with van der Waals surface area (Å²) < 4.78 is 44.0. The summed E-state index contributed by atoms with van der Waals surface area (Å²) in [5.41, 5.74) is 7.22. The third-order valence-electron chi connectivity index (χ3n) is 11.0. The van der Waals surface area contributed by atoms with Crippen LogP contribution >= 0.6 is 0 Å². The van der Waals surface area contributed by atoms with Gasteiger partial charge in [0, 0.05) is 48.0 Å². The van der Waals surface area contributed by atoms with Crippen LogP contribution in [0.4, 0.5) is 24.5 Å². The number of nitrogens with zero attached hydrogens (tertiary/aromatic N) is 2. The maximum absolute atomic E-state index is 13.9. The minimum Gasteiger partial charge on any atom is -0.347 e. The smallest absolute Gasteiger partial charge is 0.347 e. The van der Waals surface area contributed by atoms with Crippen molar-refractivity contribution in [3.8, 4) is 0 Å². The fraction of sp³-hybridized carbons (Fsp3) is 0.283. The molecule has 2 nitrogen and oxygen atoms in total. The summed E-state index contributed by atoms with van der Waals surface area (Å²) in [6, 6.07) is 38.9. The minimum absolute atomic E-state index is 0.393. The molecule has 5 aromatic rings. The van der Waals surface area contributed by atoms with Gasteiger partial charge in [0.15, 0.2) is 5.71 Å². The third kappa shape index (κ3) is 6.32. The van der Waals surface area contributed by atoms with E-state index in [1.165, 1.54) is 51.0 Å². The van der Waals surface area contributed by atoms with E-state index in [9.17, 15) is 13.2 Å². The van der Waals surface area contributed by atoms with E-state index < -0.39 is 22.6 Å². The van der Waals surface area contributed by atoms with Crippen LogP contribution in [0.1, 0.15) is 61.9 Å².